The van der Waals surface area contributed by atoms with Crippen molar-refractivity contribution in [2.24, 2.45) is 0 Å². The molecule has 0 saturated heterocycles. The molecule has 0 aromatic heterocycles. The van der Waals surface area contributed by atoms with E-state index in [1.807, 2.05) is 31.2 Å². The van der Waals surface area contributed by atoms with Gasteiger partial charge in [-0.05, 0) is 91.9 Å². The first-order valence-corrected chi connectivity index (χ1v) is 11.9. The number of hydrogen-bond donors (Lipinski definition) is 0. The average Bonchev–Trinajstić information content (AvgIpc) is 2.84. The molecule has 4 rings (SSSR count). The van der Waals surface area contributed by atoms with Crippen LogP contribution < -0.4 is 9.64 Å². The minimum Gasteiger partial charge on any atom is -0.497 e. The molecule has 0 atom stereocenters. The minimum atomic E-state index is 0.719. The van der Waals surface area contributed by atoms with Gasteiger partial charge in [-0.2, -0.15) is 0 Å². The molecule has 0 aliphatic carbocycles. The number of methoxy groups -OCH3 is 1. The van der Waals surface area contributed by atoms with E-state index in [0.717, 1.165) is 22.8 Å². The Balaban J connectivity index is 0.000000195. The molecule has 3 heteroatoms. The van der Waals surface area contributed by atoms with Gasteiger partial charge < -0.3 is 9.64 Å². The highest BCUT2D eigenvalue weighted by molar-refractivity contribution is 6.30. The summed E-state index contributed by atoms with van der Waals surface area (Å²) in [6.07, 6.45) is 1.14. The maximum absolute atomic E-state index is 5.75. The lowest BCUT2D eigenvalue weighted by molar-refractivity contribution is 0.414. The smallest absolute Gasteiger partial charge is 0.120 e. The van der Waals surface area contributed by atoms with Crippen LogP contribution in [0, 0.1) is 20.8 Å². The minimum absolute atomic E-state index is 0.719. The number of aryl methyl sites for hydroxylation is 4. The second-order valence-corrected chi connectivity index (χ2v) is 8.68. The summed E-state index contributed by atoms with van der Waals surface area (Å²) in [4.78, 5) is 2.21. The van der Waals surface area contributed by atoms with E-state index >= 15 is 0 Å². The zero-order chi connectivity index (χ0) is 24.9. The molecule has 178 valence electrons. The zero-order valence-corrected chi connectivity index (χ0v) is 21.9. The molecule has 0 amide bonds. The molecule has 0 spiro atoms. The summed E-state index contributed by atoms with van der Waals surface area (Å²) in [6, 6.07) is 33.1. The van der Waals surface area contributed by atoms with Crippen LogP contribution in [0.15, 0.2) is 97.1 Å². The highest BCUT2D eigenvalue weighted by atomic mass is 35.5. The fourth-order valence-electron chi connectivity index (χ4n) is 3.48. The fourth-order valence-corrected chi connectivity index (χ4v) is 3.76. The number of benzene rings is 4. The number of rotatable bonds is 4. The van der Waals surface area contributed by atoms with Gasteiger partial charge in [0.1, 0.15) is 5.75 Å². The van der Waals surface area contributed by atoms with E-state index < -0.39 is 0 Å². The van der Waals surface area contributed by atoms with Gasteiger partial charge in [0.2, 0.25) is 0 Å². The van der Waals surface area contributed by atoms with Crippen LogP contribution in [0.2, 0.25) is 5.02 Å². The van der Waals surface area contributed by atoms with Crippen LogP contribution >= 0.6 is 11.6 Å². The van der Waals surface area contributed by atoms with Crippen LogP contribution in [-0.2, 0) is 6.42 Å². The van der Waals surface area contributed by atoms with E-state index in [1.165, 1.54) is 28.1 Å². The van der Waals surface area contributed by atoms with Crippen molar-refractivity contribution in [3.05, 3.63) is 124 Å². The molecule has 0 radical (unpaired) electrons. The van der Waals surface area contributed by atoms with Crippen LogP contribution in [0.1, 0.15) is 29.2 Å². The first-order valence-electron chi connectivity index (χ1n) is 11.5. The summed E-state index contributed by atoms with van der Waals surface area (Å²) in [6.45, 7) is 8.41. The Kier molecular flexibility index (Phi) is 11.2. The predicted molar refractivity (Wildman–Crippen MR) is 149 cm³/mol. The predicted octanol–water partition coefficient (Wildman–Crippen LogP) is 8.98. The first-order chi connectivity index (χ1) is 16.3. The van der Waals surface area contributed by atoms with Crippen LogP contribution in [0.5, 0.6) is 5.75 Å². The summed E-state index contributed by atoms with van der Waals surface area (Å²) in [5, 5.41) is 0.719. The van der Waals surface area contributed by atoms with Crippen LogP contribution in [0.4, 0.5) is 11.4 Å². The van der Waals surface area contributed by atoms with Crippen LogP contribution in [-0.4, -0.2) is 14.2 Å². The zero-order valence-electron chi connectivity index (χ0n) is 21.2. The molecule has 0 N–H and O–H groups in total. The molecule has 4 aromatic rings. The third-order valence-corrected chi connectivity index (χ3v) is 5.46. The van der Waals surface area contributed by atoms with Gasteiger partial charge >= 0.3 is 0 Å². The maximum Gasteiger partial charge on any atom is 0.120 e. The third kappa shape index (κ3) is 9.33. The Labute approximate surface area is 210 Å². The highest BCUT2D eigenvalue weighted by Crippen LogP contribution is 2.25. The highest BCUT2D eigenvalue weighted by Gasteiger charge is 2.03. The van der Waals surface area contributed by atoms with Gasteiger partial charge in [0.05, 0.1) is 7.11 Å². The fraction of sp³-hybridized carbons (Fsp3) is 0.226. The van der Waals surface area contributed by atoms with Crippen molar-refractivity contribution >= 4 is 23.0 Å². The number of hydrogen-bond acceptors (Lipinski definition) is 2. The Morgan fingerprint density at radius 3 is 1.68 bits per heavy atom. The maximum atomic E-state index is 5.75. The molecule has 2 nitrogen and oxygen atoms in total. The van der Waals surface area contributed by atoms with Crippen LogP contribution in [0.3, 0.4) is 0 Å². The van der Waals surface area contributed by atoms with Gasteiger partial charge in [0.15, 0.2) is 0 Å². The van der Waals surface area contributed by atoms with Crippen molar-refractivity contribution in [3.8, 4) is 5.75 Å². The number of halogens is 1. The summed E-state index contributed by atoms with van der Waals surface area (Å²) < 4.78 is 4.99. The summed E-state index contributed by atoms with van der Waals surface area (Å²) >= 11 is 5.75. The van der Waals surface area contributed by atoms with Crippen molar-refractivity contribution in [1.82, 2.24) is 0 Å². The molecular weight excluding hydrogens is 438 g/mol. The molecular formula is C31H36ClNO. The summed E-state index contributed by atoms with van der Waals surface area (Å²) in [5.74, 6) is 0.810. The van der Waals surface area contributed by atoms with E-state index in [4.69, 9.17) is 16.3 Å². The summed E-state index contributed by atoms with van der Waals surface area (Å²) in [7, 11) is 3.73. The van der Waals surface area contributed by atoms with E-state index in [2.05, 4.69) is 99.4 Å². The number of anilines is 2. The standard InChI is InChI=1S/C15H17N.C8H9ClO.C8H10/c1-12-9-13(2)11-15(10-12)16(3)14-7-5-4-6-8-14;1-6-3-7(9)5-8(4-6)10-2;1-2-8-6-4-3-5-7-8/h4-11H,1-3H3;3-5H,1-2H3;3-7H,2H2,1H3. The van der Waals surface area contributed by atoms with Crippen molar-refractivity contribution in [2.45, 2.75) is 34.1 Å². The Morgan fingerprint density at radius 2 is 1.21 bits per heavy atom. The van der Waals surface area contributed by atoms with Gasteiger partial charge in [0, 0.05) is 23.4 Å². The van der Waals surface area contributed by atoms with Gasteiger partial charge in [-0.3, -0.25) is 0 Å². The van der Waals surface area contributed by atoms with Gasteiger partial charge in [-0.25, -0.2) is 0 Å². The molecule has 4 aromatic carbocycles. The second kappa shape index (κ2) is 14.1. The lowest BCUT2D eigenvalue weighted by Crippen LogP contribution is -2.09. The Morgan fingerprint density at radius 1 is 0.676 bits per heavy atom. The monoisotopic (exact) mass is 473 g/mol. The van der Waals surface area contributed by atoms with Gasteiger partial charge in [0.25, 0.3) is 0 Å². The SMILES string of the molecule is CCc1ccccc1.COc1cc(C)cc(Cl)c1.Cc1cc(C)cc(N(C)c2ccccc2)c1. The summed E-state index contributed by atoms with van der Waals surface area (Å²) in [5.41, 5.74) is 7.59. The molecule has 0 heterocycles. The number of ether oxygens (including phenoxy) is 1. The quantitative estimate of drug-likeness (QED) is 0.293. The van der Waals surface area contributed by atoms with Gasteiger partial charge in [-0.15, -0.1) is 0 Å². The molecule has 0 aliphatic heterocycles. The molecule has 0 saturated carbocycles. The van der Waals surface area contributed by atoms with Crippen LogP contribution in [0.25, 0.3) is 0 Å². The molecule has 0 aliphatic rings. The number of para-hydroxylation sites is 1. The molecule has 0 unspecified atom stereocenters. The lowest BCUT2D eigenvalue weighted by Gasteiger charge is -2.20. The Hall–Kier alpha value is -3.23. The lowest BCUT2D eigenvalue weighted by atomic mass is 10.1. The average molecular weight is 474 g/mol. The van der Waals surface area contributed by atoms with Crippen molar-refractivity contribution in [1.29, 1.82) is 0 Å². The van der Waals surface area contributed by atoms with Crippen molar-refractivity contribution < 1.29 is 4.74 Å². The van der Waals surface area contributed by atoms with E-state index in [1.54, 1.807) is 13.2 Å². The molecule has 0 fully saturated rings. The molecule has 34 heavy (non-hydrogen) atoms. The second-order valence-electron chi connectivity index (χ2n) is 8.25. The van der Waals surface area contributed by atoms with Crippen molar-refractivity contribution in [2.75, 3.05) is 19.1 Å². The van der Waals surface area contributed by atoms with E-state index in [9.17, 15) is 0 Å². The Bertz CT molecular complexity index is 1090. The number of nitrogens with zero attached hydrogens (tertiary/aromatic N) is 1. The largest absolute Gasteiger partial charge is 0.497 e. The third-order valence-electron chi connectivity index (χ3n) is 5.24. The first kappa shape index (κ1) is 27.0. The molecule has 0 bridgehead atoms. The van der Waals surface area contributed by atoms with E-state index in [-0.39, 0.29) is 0 Å². The van der Waals surface area contributed by atoms with Gasteiger partial charge in [-0.1, -0.05) is 73.1 Å². The normalized spacial score (nSPS) is 9.74. The topological polar surface area (TPSA) is 12.5 Å². The van der Waals surface area contributed by atoms with Crippen molar-refractivity contribution in [3.63, 3.8) is 0 Å². The van der Waals surface area contributed by atoms with E-state index in [0.29, 0.717) is 0 Å².